The third-order valence-electron chi connectivity index (χ3n) is 9.32. The van der Waals surface area contributed by atoms with Gasteiger partial charge >= 0.3 is 0 Å². The summed E-state index contributed by atoms with van der Waals surface area (Å²) in [5.41, 5.74) is 1.22. The molecule has 0 aliphatic heterocycles. The van der Waals surface area contributed by atoms with Crippen LogP contribution in [0.2, 0.25) is 0 Å². The molecule has 0 saturated heterocycles. The number of fused-ring (bicyclic) bond motifs is 3. The van der Waals surface area contributed by atoms with Crippen LogP contribution in [0.15, 0.2) is 0 Å². The zero-order chi connectivity index (χ0) is 22.1. The average Bonchev–Trinajstić information content (AvgIpc) is 3.08. The van der Waals surface area contributed by atoms with Crippen LogP contribution in [0.5, 0.6) is 0 Å². The van der Waals surface area contributed by atoms with Crippen molar-refractivity contribution in [2.24, 2.45) is 40.4 Å². The van der Waals surface area contributed by atoms with Gasteiger partial charge < -0.3 is 10.6 Å². The van der Waals surface area contributed by atoms with Gasteiger partial charge in [-0.15, -0.1) is 12.3 Å². The summed E-state index contributed by atoms with van der Waals surface area (Å²) < 4.78 is 0. The monoisotopic (exact) mass is 422 g/mol. The first-order valence-corrected chi connectivity index (χ1v) is 12.9. The minimum Gasteiger partial charge on any atom is -0.412 e. The normalized spacial score (nSPS) is 39.0. The third-order valence-corrected chi connectivity index (χ3v) is 9.32. The van der Waals surface area contributed by atoms with Gasteiger partial charge in [0.05, 0.1) is 0 Å². The Bertz CT molecular complexity index is 495. The molecule has 7 unspecified atom stereocenters. The van der Waals surface area contributed by atoms with Crippen LogP contribution in [0, 0.1) is 52.8 Å². The van der Waals surface area contributed by atoms with Crippen LogP contribution in [0.1, 0.15) is 119 Å². The van der Waals surface area contributed by atoms with Crippen molar-refractivity contribution < 1.29 is 10.6 Å². The van der Waals surface area contributed by atoms with E-state index in [1.165, 1.54) is 70.6 Å². The molecular formula is C28H54O2. The molecule has 0 aromatic rings. The van der Waals surface area contributed by atoms with Gasteiger partial charge in [-0.3, -0.25) is 0 Å². The minimum atomic E-state index is 0. The summed E-state index contributed by atoms with van der Waals surface area (Å²) in [7, 11) is 1.00. The van der Waals surface area contributed by atoms with E-state index in [4.69, 9.17) is 11.5 Å². The molecule has 3 fully saturated rings. The molecule has 0 heterocycles. The van der Waals surface area contributed by atoms with Crippen molar-refractivity contribution >= 4 is 0 Å². The Morgan fingerprint density at radius 1 is 0.867 bits per heavy atom. The van der Waals surface area contributed by atoms with Crippen molar-refractivity contribution in [2.75, 3.05) is 7.11 Å². The van der Waals surface area contributed by atoms with Crippen LogP contribution in [0.25, 0.3) is 0 Å². The van der Waals surface area contributed by atoms with Gasteiger partial charge in [-0.05, 0) is 91.8 Å². The third kappa shape index (κ3) is 5.63. The van der Waals surface area contributed by atoms with E-state index in [1.54, 1.807) is 0 Å². The van der Waals surface area contributed by atoms with E-state index in [2.05, 4.69) is 33.6 Å². The summed E-state index contributed by atoms with van der Waals surface area (Å²) in [6.45, 7) is 14.2. The van der Waals surface area contributed by atoms with Gasteiger partial charge in [-0.1, -0.05) is 60.8 Å². The fourth-order valence-corrected chi connectivity index (χ4v) is 8.13. The van der Waals surface area contributed by atoms with Crippen molar-refractivity contribution in [3.8, 4) is 12.3 Å². The quantitative estimate of drug-likeness (QED) is 0.449. The maximum absolute atomic E-state index is 7.00. The summed E-state index contributed by atoms with van der Waals surface area (Å²) in [6, 6.07) is 0. The molecule has 0 aromatic carbocycles. The highest BCUT2D eigenvalue weighted by Crippen LogP contribution is 2.67. The topological polar surface area (TPSA) is 51.7 Å². The van der Waals surface area contributed by atoms with Crippen molar-refractivity contribution in [3.05, 3.63) is 0 Å². The molecule has 30 heavy (non-hydrogen) atoms. The fourth-order valence-electron chi connectivity index (χ4n) is 8.13. The lowest BCUT2D eigenvalue weighted by atomic mass is 9.46. The van der Waals surface area contributed by atoms with Gasteiger partial charge in [0.1, 0.15) is 0 Å². The van der Waals surface area contributed by atoms with Crippen molar-refractivity contribution in [3.63, 3.8) is 0 Å². The first-order chi connectivity index (χ1) is 14.0. The van der Waals surface area contributed by atoms with Gasteiger partial charge in [0, 0.05) is 13.5 Å². The van der Waals surface area contributed by atoms with E-state index in [-0.39, 0.29) is 5.48 Å². The summed E-state index contributed by atoms with van der Waals surface area (Å²) in [4.78, 5) is 0. The molecule has 0 amide bonds. The van der Waals surface area contributed by atoms with E-state index in [0.29, 0.717) is 10.8 Å². The fraction of sp³-hybridized carbons (Fsp3) is 0.929. The molecule has 0 aromatic heterocycles. The number of hydrogen-bond donors (Lipinski definition) is 1. The molecule has 2 heteroatoms. The smallest absolute Gasteiger partial charge is 0.0319 e. The molecule has 3 aliphatic carbocycles. The second kappa shape index (κ2) is 13.8. The van der Waals surface area contributed by atoms with Crippen LogP contribution in [0.4, 0.5) is 0 Å². The average molecular weight is 423 g/mol. The Kier molecular flexibility index (Phi) is 13.6. The molecular weight excluding hydrogens is 368 g/mol. The molecule has 3 saturated carbocycles. The number of hydrogen-bond acceptors (Lipinski definition) is 1. The largest absolute Gasteiger partial charge is 0.412 e. The van der Waals surface area contributed by atoms with E-state index in [1.807, 2.05) is 13.8 Å². The second-order valence-electron chi connectivity index (χ2n) is 10.3. The Labute approximate surface area is 189 Å². The first kappa shape index (κ1) is 29.5. The van der Waals surface area contributed by atoms with Gasteiger partial charge in [0.15, 0.2) is 0 Å². The van der Waals surface area contributed by atoms with Crippen LogP contribution in [-0.2, 0) is 0 Å². The summed E-state index contributed by atoms with van der Waals surface area (Å²) in [5.74, 6) is 7.81. The first-order valence-electron chi connectivity index (χ1n) is 12.9. The Morgan fingerprint density at radius 3 is 2.07 bits per heavy atom. The molecule has 178 valence electrons. The zero-order valence-electron chi connectivity index (χ0n) is 21.4. The SMILES string of the molecule is C#CCCC1CCC2C3CCC(CCC)C(C)(CCC)C3CCC12C.CC.CO.O. The number of rotatable bonds is 6. The Balaban J connectivity index is 0.00000159. The highest BCUT2D eigenvalue weighted by molar-refractivity contribution is 5.08. The number of aliphatic hydroxyl groups excluding tert-OH is 1. The Hall–Kier alpha value is -0.520. The van der Waals surface area contributed by atoms with Crippen molar-refractivity contribution in [1.29, 1.82) is 0 Å². The lowest BCUT2D eigenvalue weighted by Gasteiger charge is -2.59. The lowest BCUT2D eigenvalue weighted by Crippen LogP contribution is -2.51. The van der Waals surface area contributed by atoms with Gasteiger partial charge in [0.2, 0.25) is 0 Å². The molecule has 0 bridgehead atoms. The standard InChI is InChI=1S/C25H42.C2H6.CH4O.H2O/c1-6-9-11-20-13-15-22-21-14-12-19(10-7-2)24(4,17-8-3)23(21)16-18-25(20,22)5;2*1-2;/h1,19-23H,7-18H2,2-5H3;1-2H3;2H,1H3;1H2. The van der Waals surface area contributed by atoms with Crippen LogP contribution in [0.3, 0.4) is 0 Å². The maximum Gasteiger partial charge on any atom is 0.0319 e. The minimum absolute atomic E-state index is 0. The highest BCUT2D eigenvalue weighted by atomic mass is 16.2. The van der Waals surface area contributed by atoms with Gasteiger partial charge in [-0.25, -0.2) is 0 Å². The maximum atomic E-state index is 7.00. The molecule has 3 N–H and O–H groups in total. The number of terminal acetylenes is 1. The van der Waals surface area contributed by atoms with Crippen LogP contribution in [-0.4, -0.2) is 17.7 Å². The van der Waals surface area contributed by atoms with Crippen LogP contribution >= 0.6 is 0 Å². The molecule has 3 aliphatic rings. The van der Waals surface area contributed by atoms with Gasteiger partial charge in [0.25, 0.3) is 0 Å². The lowest BCUT2D eigenvalue weighted by molar-refractivity contribution is -0.102. The molecule has 2 nitrogen and oxygen atoms in total. The summed E-state index contributed by atoms with van der Waals surface area (Å²) >= 11 is 0. The van der Waals surface area contributed by atoms with Crippen molar-refractivity contribution in [1.82, 2.24) is 0 Å². The highest BCUT2D eigenvalue weighted by Gasteiger charge is 2.58. The zero-order valence-corrected chi connectivity index (χ0v) is 21.4. The summed E-state index contributed by atoms with van der Waals surface area (Å²) in [5, 5.41) is 7.00. The second-order valence-corrected chi connectivity index (χ2v) is 10.3. The van der Waals surface area contributed by atoms with E-state index in [9.17, 15) is 0 Å². The van der Waals surface area contributed by atoms with Crippen molar-refractivity contribution in [2.45, 2.75) is 119 Å². The molecule has 0 spiro atoms. The van der Waals surface area contributed by atoms with E-state index < -0.39 is 0 Å². The molecule has 7 atom stereocenters. The van der Waals surface area contributed by atoms with E-state index >= 15 is 0 Å². The predicted octanol–water partition coefficient (Wildman–Crippen LogP) is 7.29. The molecule has 0 radical (unpaired) electrons. The number of aliphatic hydroxyl groups is 1. The molecule has 3 rings (SSSR count). The predicted molar refractivity (Wildman–Crippen MR) is 132 cm³/mol. The van der Waals surface area contributed by atoms with E-state index in [0.717, 1.165) is 43.1 Å². The summed E-state index contributed by atoms with van der Waals surface area (Å²) in [6.07, 6.45) is 22.5. The van der Waals surface area contributed by atoms with Crippen LogP contribution < -0.4 is 0 Å². The van der Waals surface area contributed by atoms with Gasteiger partial charge in [-0.2, -0.15) is 0 Å². The Morgan fingerprint density at radius 2 is 1.50 bits per heavy atom.